The predicted molar refractivity (Wildman–Crippen MR) is 72.3 cm³/mol. The summed E-state index contributed by atoms with van der Waals surface area (Å²) in [6.07, 6.45) is 0.417. The third-order valence-electron chi connectivity index (χ3n) is 2.74. The Balaban J connectivity index is 2.39. The Labute approximate surface area is 112 Å². The number of hydrogen-bond donors (Lipinski definition) is 0. The number of nitriles is 1. The van der Waals surface area contributed by atoms with E-state index in [-0.39, 0.29) is 5.78 Å². The highest BCUT2D eigenvalue weighted by atomic mass is 16.5. The van der Waals surface area contributed by atoms with Crippen LogP contribution in [0, 0.1) is 11.3 Å². The van der Waals surface area contributed by atoms with Crippen molar-refractivity contribution in [2.75, 3.05) is 0 Å². The summed E-state index contributed by atoms with van der Waals surface area (Å²) in [5, 5.41) is 9.02. The molecule has 0 unspecified atom stereocenters. The van der Waals surface area contributed by atoms with Crippen LogP contribution >= 0.6 is 0 Å². The van der Waals surface area contributed by atoms with E-state index in [1.165, 1.54) is 0 Å². The maximum absolute atomic E-state index is 11.8. The van der Waals surface area contributed by atoms with E-state index in [0.717, 1.165) is 0 Å². The number of carbonyl (C=O) groups excluding carboxylic acids is 1. The van der Waals surface area contributed by atoms with Crippen molar-refractivity contribution < 1.29 is 9.53 Å². The normalized spacial score (nSPS) is 9.68. The van der Waals surface area contributed by atoms with Crippen molar-refractivity contribution in [3.8, 4) is 17.6 Å². The molecule has 0 bridgehead atoms. The van der Waals surface area contributed by atoms with Gasteiger partial charge in [0.05, 0.1) is 11.1 Å². The van der Waals surface area contributed by atoms with Crippen molar-refractivity contribution in [3.63, 3.8) is 0 Å². The molecule has 0 N–H and O–H groups in total. The number of hydrogen-bond acceptors (Lipinski definition) is 3. The summed E-state index contributed by atoms with van der Waals surface area (Å²) >= 11 is 0. The summed E-state index contributed by atoms with van der Waals surface area (Å²) in [7, 11) is 0. The van der Waals surface area contributed by atoms with Crippen LogP contribution in [0.3, 0.4) is 0 Å². The quantitative estimate of drug-likeness (QED) is 0.773. The third kappa shape index (κ3) is 2.80. The molecule has 94 valence electrons. The zero-order valence-electron chi connectivity index (χ0n) is 10.6. The van der Waals surface area contributed by atoms with E-state index in [1.54, 1.807) is 48.5 Å². The van der Waals surface area contributed by atoms with Crippen LogP contribution < -0.4 is 4.74 Å². The Morgan fingerprint density at radius 3 is 2.42 bits per heavy atom. The van der Waals surface area contributed by atoms with Gasteiger partial charge in [-0.2, -0.15) is 5.26 Å². The minimum atomic E-state index is 0.0186. The average Bonchev–Trinajstić information content (AvgIpc) is 2.47. The highest BCUT2D eigenvalue weighted by Gasteiger charge is 2.12. The van der Waals surface area contributed by atoms with E-state index in [9.17, 15) is 4.79 Å². The molecule has 0 radical (unpaired) electrons. The maximum Gasteiger partial charge on any atom is 0.166 e. The zero-order chi connectivity index (χ0) is 13.7. The number of carbonyl (C=O) groups is 1. The average molecular weight is 251 g/mol. The van der Waals surface area contributed by atoms with Gasteiger partial charge in [-0.1, -0.05) is 31.2 Å². The minimum absolute atomic E-state index is 0.0186. The van der Waals surface area contributed by atoms with E-state index in [4.69, 9.17) is 10.00 Å². The summed E-state index contributed by atoms with van der Waals surface area (Å²) in [4.78, 5) is 11.8. The fraction of sp³-hybridized carbons (Fsp3) is 0.125. The first kappa shape index (κ1) is 12.8. The zero-order valence-corrected chi connectivity index (χ0v) is 10.6. The number of benzene rings is 2. The van der Waals surface area contributed by atoms with Crippen molar-refractivity contribution in [2.45, 2.75) is 13.3 Å². The molecule has 0 saturated heterocycles. The standard InChI is InChI=1S/C16H13NO2/c1-2-14(18)13-8-4-6-10-16(13)19-15-9-5-3-7-12(15)11-17/h3-10H,2H2,1H3. The molecule has 0 saturated carbocycles. The molecule has 0 aliphatic carbocycles. The molecule has 19 heavy (non-hydrogen) atoms. The number of nitrogens with zero attached hydrogens (tertiary/aromatic N) is 1. The first-order valence-corrected chi connectivity index (χ1v) is 6.05. The number of para-hydroxylation sites is 2. The van der Waals surface area contributed by atoms with Gasteiger partial charge < -0.3 is 4.74 Å². The first-order valence-electron chi connectivity index (χ1n) is 6.05. The van der Waals surface area contributed by atoms with Gasteiger partial charge in [0.15, 0.2) is 5.78 Å². The van der Waals surface area contributed by atoms with Crippen molar-refractivity contribution in [1.29, 1.82) is 5.26 Å². The molecule has 0 aromatic heterocycles. The monoisotopic (exact) mass is 251 g/mol. The van der Waals surface area contributed by atoms with E-state index < -0.39 is 0 Å². The second-order valence-corrected chi connectivity index (χ2v) is 3.98. The fourth-order valence-corrected chi connectivity index (χ4v) is 1.74. The highest BCUT2D eigenvalue weighted by molar-refractivity contribution is 5.98. The van der Waals surface area contributed by atoms with Crippen LogP contribution in [0.4, 0.5) is 0 Å². The summed E-state index contributed by atoms with van der Waals surface area (Å²) in [5.41, 5.74) is 0.985. The Morgan fingerprint density at radius 2 is 1.74 bits per heavy atom. The number of rotatable bonds is 4. The van der Waals surface area contributed by atoms with Gasteiger partial charge in [-0.05, 0) is 24.3 Å². The van der Waals surface area contributed by atoms with Gasteiger partial charge in [0.1, 0.15) is 17.6 Å². The van der Waals surface area contributed by atoms with Crippen LogP contribution in [-0.4, -0.2) is 5.78 Å². The van der Waals surface area contributed by atoms with Gasteiger partial charge in [-0.3, -0.25) is 4.79 Å². The summed E-state index contributed by atoms with van der Waals surface area (Å²) in [6.45, 7) is 1.81. The van der Waals surface area contributed by atoms with E-state index >= 15 is 0 Å². The molecule has 0 heterocycles. The highest BCUT2D eigenvalue weighted by Crippen LogP contribution is 2.28. The lowest BCUT2D eigenvalue weighted by Gasteiger charge is -2.10. The van der Waals surface area contributed by atoms with Gasteiger partial charge in [0.2, 0.25) is 0 Å². The number of ketones is 1. The largest absolute Gasteiger partial charge is 0.455 e. The van der Waals surface area contributed by atoms with E-state index in [0.29, 0.717) is 29.0 Å². The van der Waals surface area contributed by atoms with Gasteiger partial charge in [-0.15, -0.1) is 0 Å². The third-order valence-corrected chi connectivity index (χ3v) is 2.74. The van der Waals surface area contributed by atoms with Gasteiger partial charge in [-0.25, -0.2) is 0 Å². The molecular formula is C16H13NO2. The predicted octanol–water partition coefficient (Wildman–Crippen LogP) is 3.94. The number of ether oxygens (including phenoxy) is 1. The number of Topliss-reactive ketones (excluding diaryl/α,β-unsaturated/α-hetero) is 1. The Kier molecular flexibility index (Phi) is 3.94. The van der Waals surface area contributed by atoms with Crippen LogP contribution in [-0.2, 0) is 0 Å². The molecular weight excluding hydrogens is 238 g/mol. The molecule has 0 spiro atoms. The first-order chi connectivity index (χ1) is 9.26. The molecule has 0 atom stereocenters. The van der Waals surface area contributed by atoms with Crippen LogP contribution in [0.1, 0.15) is 29.3 Å². The van der Waals surface area contributed by atoms with Crippen LogP contribution in [0.5, 0.6) is 11.5 Å². The Morgan fingerprint density at radius 1 is 1.11 bits per heavy atom. The minimum Gasteiger partial charge on any atom is -0.455 e. The van der Waals surface area contributed by atoms with Gasteiger partial charge >= 0.3 is 0 Å². The lowest BCUT2D eigenvalue weighted by molar-refractivity contribution is 0.0986. The van der Waals surface area contributed by atoms with Crippen molar-refractivity contribution in [1.82, 2.24) is 0 Å². The molecule has 2 aromatic rings. The van der Waals surface area contributed by atoms with Crippen molar-refractivity contribution in [2.24, 2.45) is 0 Å². The van der Waals surface area contributed by atoms with Crippen LogP contribution in [0.25, 0.3) is 0 Å². The molecule has 3 heteroatoms. The molecule has 0 aliphatic heterocycles. The maximum atomic E-state index is 11.8. The molecule has 2 rings (SSSR count). The smallest absolute Gasteiger partial charge is 0.166 e. The van der Waals surface area contributed by atoms with Crippen molar-refractivity contribution >= 4 is 5.78 Å². The molecule has 0 amide bonds. The van der Waals surface area contributed by atoms with E-state index in [1.807, 2.05) is 6.92 Å². The second-order valence-electron chi connectivity index (χ2n) is 3.98. The van der Waals surface area contributed by atoms with Crippen LogP contribution in [0.2, 0.25) is 0 Å². The SMILES string of the molecule is CCC(=O)c1ccccc1Oc1ccccc1C#N. The van der Waals surface area contributed by atoms with Gasteiger partial charge in [0, 0.05) is 6.42 Å². The lowest BCUT2D eigenvalue weighted by atomic mass is 10.1. The summed E-state index contributed by atoms with van der Waals surface area (Å²) in [6, 6.07) is 16.1. The van der Waals surface area contributed by atoms with E-state index in [2.05, 4.69) is 6.07 Å². The molecule has 0 fully saturated rings. The van der Waals surface area contributed by atoms with Crippen LogP contribution in [0.15, 0.2) is 48.5 Å². The van der Waals surface area contributed by atoms with Crippen molar-refractivity contribution in [3.05, 3.63) is 59.7 Å². The molecule has 3 nitrogen and oxygen atoms in total. The Hall–Kier alpha value is -2.60. The molecule has 0 aliphatic rings. The summed E-state index contributed by atoms with van der Waals surface area (Å²) < 4.78 is 5.71. The fourth-order valence-electron chi connectivity index (χ4n) is 1.74. The van der Waals surface area contributed by atoms with Gasteiger partial charge in [0.25, 0.3) is 0 Å². The Bertz CT molecular complexity index is 641. The summed E-state index contributed by atoms with van der Waals surface area (Å²) in [5.74, 6) is 0.962. The molecule has 2 aromatic carbocycles. The second kappa shape index (κ2) is 5.83. The lowest BCUT2D eigenvalue weighted by Crippen LogP contribution is -2.00. The topological polar surface area (TPSA) is 50.1 Å².